The monoisotopic (exact) mass is 249 g/mol. The summed E-state index contributed by atoms with van der Waals surface area (Å²) >= 11 is 0. The number of carbonyl (C=O) groups excluding carboxylic acids is 1. The SMILES string of the molecule is CCC1CCC(C#N)C(N2CCN(C)C(=O)C2)C1. The van der Waals surface area contributed by atoms with Crippen molar-refractivity contribution in [2.75, 3.05) is 26.7 Å². The number of nitrogens with zero attached hydrogens (tertiary/aromatic N) is 3. The van der Waals surface area contributed by atoms with Crippen molar-refractivity contribution in [3.05, 3.63) is 0 Å². The Morgan fingerprint density at radius 3 is 2.78 bits per heavy atom. The number of nitriles is 1. The quantitative estimate of drug-likeness (QED) is 0.744. The predicted molar refractivity (Wildman–Crippen MR) is 69.7 cm³/mol. The number of hydrogen-bond acceptors (Lipinski definition) is 3. The summed E-state index contributed by atoms with van der Waals surface area (Å²) in [6, 6.07) is 2.75. The lowest BCUT2D eigenvalue weighted by Gasteiger charge is -2.43. The highest BCUT2D eigenvalue weighted by Crippen LogP contribution is 2.34. The van der Waals surface area contributed by atoms with Gasteiger partial charge < -0.3 is 4.90 Å². The van der Waals surface area contributed by atoms with Crippen LogP contribution in [-0.4, -0.2) is 48.4 Å². The third-order valence-corrected chi connectivity index (χ3v) is 4.62. The van der Waals surface area contributed by atoms with Gasteiger partial charge in [0.1, 0.15) is 0 Å². The molecule has 3 unspecified atom stereocenters. The molecular weight excluding hydrogens is 226 g/mol. The van der Waals surface area contributed by atoms with E-state index in [1.54, 1.807) is 4.90 Å². The fraction of sp³-hybridized carbons (Fsp3) is 0.857. The maximum absolute atomic E-state index is 11.8. The van der Waals surface area contributed by atoms with Gasteiger partial charge in [-0.15, -0.1) is 0 Å². The maximum Gasteiger partial charge on any atom is 0.236 e. The fourth-order valence-electron chi connectivity index (χ4n) is 3.22. The van der Waals surface area contributed by atoms with E-state index in [0.29, 0.717) is 12.6 Å². The fourth-order valence-corrected chi connectivity index (χ4v) is 3.22. The largest absolute Gasteiger partial charge is 0.343 e. The molecular formula is C14H23N3O. The lowest BCUT2D eigenvalue weighted by molar-refractivity contribution is -0.136. The maximum atomic E-state index is 11.8. The van der Waals surface area contributed by atoms with Crippen molar-refractivity contribution in [1.82, 2.24) is 9.80 Å². The van der Waals surface area contributed by atoms with Gasteiger partial charge in [-0.2, -0.15) is 5.26 Å². The van der Waals surface area contributed by atoms with Gasteiger partial charge in [0, 0.05) is 26.2 Å². The molecule has 1 amide bonds. The minimum Gasteiger partial charge on any atom is -0.343 e. The number of likely N-dealkylation sites (N-methyl/N-ethyl adjacent to an activating group) is 1. The van der Waals surface area contributed by atoms with Crippen molar-refractivity contribution in [3.63, 3.8) is 0 Å². The Kier molecular flexibility index (Phi) is 4.23. The van der Waals surface area contributed by atoms with Crippen molar-refractivity contribution >= 4 is 5.91 Å². The number of carbonyl (C=O) groups is 1. The number of amides is 1. The van der Waals surface area contributed by atoms with Crippen LogP contribution in [0, 0.1) is 23.2 Å². The molecule has 100 valence electrons. The highest BCUT2D eigenvalue weighted by atomic mass is 16.2. The molecule has 2 aliphatic rings. The van der Waals surface area contributed by atoms with Crippen LogP contribution in [0.2, 0.25) is 0 Å². The summed E-state index contributed by atoms with van der Waals surface area (Å²) in [4.78, 5) is 15.8. The van der Waals surface area contributed by atoms with E-state index < -0.39 is 0 Å². The molecule has 1 aliphatic heterocycles. The van der Waals surface area contributed by atoms with E-state index in [-0.39, 0.29) is 11.8 Å². The van der Waals surface area contributed by atoms with E-state index in [4.69, 9.17) is 0 Å². The molecule has 4 nitrogen and oxygen atoms in total. The third kappa shape index (κ3) is 2.67. The van der Waals surface area contributed by atoms with Gasteiger partial charge in [0.2, 0.25) is 5.91 Å². The van der Waals surface area contributed by atoms with Crippen LogP contribution in [0.5, 0.6) is 0 Å². The molecule has 2 fully saturated rings. The minimum absolute atomic E-state index is 0.115. The van der Waals surface area contributed by atoms with Crippen molar-refractivity contribution in [3.8, 4) is 6.07 Å². The number of hydrogen-bond donors (Lipinski definition) is 0. The standard InChI is InChI=1S/C14H23N3O/c1-3-11-4-5-12(9-15)13(8-11)17-7-6-16(2)14(18)10-17/h11-13H,3-8,10H2,1-2H3. The first-order valence-electron chi connectivity index (χ1n) is 7.03. The highest BCUT2D eigenvalue weighted by Gasteiger charge is 2.36. The molecule has 1 heterocycles. The Hall–Kier alpha value is -1.08. The molecule has 0 aromatic carbocycles. The van der Waals surface area contributed by atoms with Crippen LogP contribution in [0.15, 0.2) is 0 Å². The molecule has 18 heavy (non-hydrogen) atoms. The van der Waals surface area contributed by atoms with Gasteiger partial charge in [0.05, 0.1) is 18.5 Å². The normalized spacial score (nSPS) is 34.4. The Morgan fingerprint density at radius 2 is 2.17 bits per heavy atom. The van der Waals surface area contributed by atoms with Gasteiger partial charge >= 0.3 is 0 Å². The molecule has 1 saturated carbocycles. The van der Waals surface area contributed by atoms with Crippen molar-refractivity contribution in [1.29, 1.82) is 5.26 Å². The van der Waals surface area contributed by atoms with Gasteiger partial charge in [-0.3, -0.25) is 9.69 Å². The van der Waals surface area contributed by atoms with Crippen LogP contribution in [0.25, 0.3) is 0 Å². The first-order chi connectivity index (χ1) is 8.65. The smallest absolute Gasteiger partial charge is 0.236 e. The first-order valence-corrected chi connectivity index (χ1v) is 7.03. The van der Waals surface area contributed by atoms with E-state index in [1.807, 2.05) is 7.05 Å². The number of piperazine rings is 1. The summed E-state index contributed by atoms with van der Waals surface area (Å²) in [5.74, 6) is 1.04. The van der Waals surface area contributed by atoms with Crippen LogP contribution in [-0.2, 0) is 4.79 Å². The van der Waals surface area contributed by atoms with Crippen LogP contribution < -0.4 is 0 Å². The molecule has 0 spiro atoms. The topological polar surface area (TPSA) is 47.3 Å². The van der Waals surface area contributed by atoms with Crippen LogP contribution in [0.4, 0.5) is 0 Å². The summed E-state index contributed by atoms with van der Waals surface area (Å²) in [6.07, 6.45) is 4.45. The lowest BCUT2D eigenvalue weighted by atomic mass is 9.77. The minimum atomic E-state index is 0.115. The van der Waals surface area contributed by atoms with Gasteiger partial charge in [-0.05, 0) is 25.2 Å². The summed E-state index contributed by atoms with van der Waals surface area (Å²) in [5.41, 5.74) is 0. The van der Waals surface area contributed by atoms with Gasteiger partial charge in [-0.25, -0.2) is 0 Å². The van der Waals surface area contributed by atoms with E-state index in [9.17, 15) is 10.1 Å². The lowest BCUT2D eigenvalue weighted by Crippen LogP contribution is -2.55. The third-order valence-electron chi connectivity index (χ3n) is 4.62. The van der Waals surface area contributed by atoms with Gasteiger partial charge in [0.15, 0.2) is 0 Å². The number of rotatable bonds is 2. The van der Waals surface area contributed by atoms with E-state index in [0.717, 1.165) is 31.8 Å². The van der Waals surface area contributed by atoms with E-state index in [2.05, 4.69) is 17.9 Å². The van der Waals surface area contributed by atoms with Crippen molar-refractivity contribution in [2.45, 2.75) is 38.6 Å². The zero-order valence-corrected chi connectivity index (χ0v) is 11.4. The second-order valence-electron chi connectivity index (χ2n) is 5.68. The summed E-state index contributed by atoms with van der Waals surface area (Å²) in [7, 11) is 1.86. The molecule has 1 aliphatic carbocycles. The van der Waals surface area contributed by atoms with Crippen molar-refractivity contribution < 1.29 is 4.79 Å². The molecule has 0 aromatic heterocycles. The van der Waals surface area contributed by atoms with Crippen LogP contribution >= 0.6 is 0 Å². The zero-order chi connectivity index (χ0) is 13.1. The summed E-state index contributed by atoms with van der Waals surface area (Å²) < 4.78 is 0. The Balaban J connectivity index is 2.04. The molecule has 2 rings (SSSR count). The molecule has 3 atom stereocenters. The second-order valence-corrected chi connectivity index (χ2v) is 5.68. The zero-order valence-electron chi connectivity index (χ0n) is 11.4. The highest BCUT2D eigenvalue weighted by molar-refractivity contribution is 5.78. The summed E-state index contributed by atoms with van der Waals surface area (Å²) in [6.45, 7) is 4.44. The van der Waals surface area contributed by atoms with Gasteiger partial charge in [-0.1, -0.05) is 13.3 Å². The Morgan fingerprint density at radius 1 is 1.39 bits per heavy atom. The molecule has 0 aromatic rings. The predicted octanol–water partition coefficient (Wildman–Crippen LogP) is 1.48. The Labute approximate surface area is 110 Å². The van der Waals surface area contributed by atoms with Gasteiger partial charge in [0.25, 0.3) is 0 Å². The Bertz CT molecular complexity index is 349. The molecule has 0 N–H and O–H groups in total. The summed E-state index contributed by atoms with van der Waals surface area (Å²) in [5, 5.41) is 9.30. The average molecular weight is 249 g/mol. The first kappa shape index (κ1) is 13.4. The second kappa shape index (κ2) is 5.71. The van der Waals surface area contributed by atoms with Crippen LogP contribution in [0.3, 0.4) is 0 Å². The van der Waals surface area contributed by atoms with E-state index in [1.165, 1.54) is 12.8 Å². The molecule has 0 bridgehead atoms. The van der Waals surface area contributed by atoms with Crippen molar-refractivity contribution in [2.24, 2.45) is 11.8 Å². The van der Waals surface area contributed by atoms with Crippen LogP contribution in [0.1, 0.15) is 32.6 Å². The molecule has 4 heteroatoms. The molecule has 0 radical (unpaired) electrons. The average Bonchev–Trinajstić information content (AvgIpc) is 2.41. The molecule has 1 saturated heterocycles. The van der Waals surface area contributed by atoms with E-state index >= 15 is 0 Å².